The van der Waals surface area contributed by atoms with Gasteiger partial charge in [0, 0.05) is 5.56 Å². The second-order valence-corrected chi connectivity index (χ2v) is 5.50. The van der Waals surface area contributed by atoms with E-state index in [0.717, 1.165) is 12.0 Å². The molecular weight excluding hydrogens is 320 g/mol. The number of rotatable bonds is 5. The standard InChI is InChI=1S/C20H18O5/c1-3-13-9-10-16-15(11-13)18(22)20(24-12-17(21)23-2)19(25-16)14-7-5-4-6-8-14/h4-11H,3,12H2,1-2H3. The van der Waals surface area contributed by atoms with Crippen LogP contribution in [0.4, 0.5) is 0 Å². The third-order valence-electron chi connectivity index (χ3n) is 3.92. The van der Waals surface area contributed by atoms with E-state index < -0.39 is 5.97 Å². The highest BCUT2D eigenvalue weighted by atomic mass is 16.6. The highest BCUT2D eigenvalue weighted by Gasteiger charge is 2.19. The SMILES string of the molecule is CCc1ccc2oc(-c3ccccc3)c(OCC(=O)OC)c(=O)c2c1. The fraction of sp³-hybridized carbons (Fsp3) is 0.200. The van der Waals surface area contributed by atoms with Gasteiger partial charge in [0.1, 0.15) is 5.58 Å². The van der Waals surface area contributed by atoms with Gasteiger partial charge in [-0.15, -0.1) is 0 Å². The quantitative estimate of drug-likeness (QED) is 0.665. The molecule has 128 valence electrons. The summed E-state index contributed by atoms with van der Waals surface area (Å²) >= 11 is 0. The van der Waals surface area contributed by atoms with Crippen LogP contribution >= 0.6 is 0 Å². The lowest BCUT2D eigenvalue weighted by atomic mass is 10.1. The fourth-order valence-corrected chi connectivity index (χ4v) is 2.55. The number of hydrogen-bond acceptors (Lipinski definition) is 5. The normalized spacial score (nSPS) is 10.6. The first-order valence-corrected chi connectivity index (χ1v) is 7.98. The van der Waals surface area contributed by atoms with Crippen LogP contribution < -0.4 is 10.2 Å². The zero-order valence-corrected chi connectivity index (χ0v) is 14.1. The van der Waals surface area contributed by atoms with Gasteiger partial charge in [-0.2, -0.15) is 0 Å². The fourth-order valence-electron chi connectivity index (χ4n) is 2.55. The van der Waals surface area contributed by atoms with Crippen LogP contribution in [0.5, 0.6) is 5.75 Å². The summed E-state index contributed by atoms with van der Waals surface area (Å²) in [5, 5.41) is 0.430. The van der Waals surface area contributed by atoms with Crippen LogP contribution in [0, 0.1) is 0 Å². The van der Waals surface area contributed by atoms with E-state index in [2.05, 4.69) is 4.74 Å². The third-order valence-corrected chi connectivity index (χ3v) is 3.92. The van der Waals surface area contributed by atoms with Crippen molar-refractivity contribution in [3.63, 3.8) is 0 Å². The van der Waals surface area contributed by atoms with Crippen LogP contribution in [-0.2, 0) is 16.0 Å². The van der Waals surface area contributed by atoms with Gasteiger partial charge in [0.05, 0.1) is 12.5 Å². The molecule has 0 fully saturated rings. The molecule has 2 aromatic carbocycles. The van der Waals surface area contributed by atoms with E-state index in [1.807, 2.05) is 43.3 Å². The summed E-state index contributed by atoms with van der Waals surface area (Å²) in [6.45, 7) is 1.65. The summed E-state index contributed by atoms with van der Waals surface area (Å²) < 4.78 is 16.0. The van der Waals surface area contributed by atoms with Crippen LogP contribution in [0.3, 0.4) is 0 Å². The van der Waals surface area contributed by atoms with Gasteiger partial charge in [-0.1, -0.05) is 43.3 Å². The van der Waals surface area contributed by atoms with Gasteiger partial charge in [0.25, 0.3) is 0 Å². The first-order chi connectivity index (χ1) is 12.1. The number of ether oxygens (including phenoxy) is 2. The molecule has 0 aliphatic carbocycles. The number of carbonyl (C=O) groups excluding carboxylic acids is 1. The summed E-state index contributed by atoms with van der Waals surface area (Å²) in [7, 11) is 1.26. The maximum Gasteiger partial charge on any atom is 0.343 e. The van der Waals surface area contributed by atoms with Gasteiger partial charge in [-0.25, -0.2) is 4.79 Å². The summed E-state index contributed by atoms with van der Waals surface area (Å²) in [4.78, 5) is 24.4. The molecular formula is C20H18O5. The third kappa shape index (κ3) is 3.40. The Morgan fingerprint density at radius 3 is 2.56 bits per heavy atom. The molecule has 25 heavy (non-hydrogen) atoms. The van der Waals surface area contributed by atoms with E-state index >= 15 is 0 Å². The molecule has 0 N–H and O–H groups in total. The summed E-state index contributed by atoms with van der Waals surface area (Å²) in [6, 6.07) is 14.7. The molecule has 5 heteroatoms. The zero-order valence-electron chi connectivity index (χ0n) is 14.1. The van der Waals surface area contributed by atoms with Gasteiger partial charge in [0.15, 0.2) is 12.4 Å². The van der Waals surface area contributed by atoms with Crippen molar-refractivity contribution in [2.75, 3.05) is 13.7 Å². The Morgan fingerprint density at radius 2 is 1.88 bits per heavy atom. The largest absolute Gasteiger partial charge is 0.474 e. The van der Waals surface area contributed by atoms with Crippen LogP contribution in [0.1, 0.15) is 12.5 Å². The first kappa shape index (κ1) is 16.8. The predicted octanol–water partition coefficient (Wildman–Crippen LogP) is 3.57. The Balaban J connectivity index is 2.21. The molecule has 5 nitrogen and oxygen atoms in total. The van der Waals surface area contributed by atoms with Crippen LogP contribution in [-0.4, -0.2) is 19.7 Å². The number of carbonyl (C=O) groups is 1. The summed E-state index contributed by atoms with van der Waals surface area (Å²) in [5.74, 6) is -0.260. The van der Waals surface area contributed by atoms with Gasteiger partial charge in [-0.3, -0.25) is 4.79 Å². The van der Waals surface area contributed by atoms with Gasteiger partial charge < -0.3 is 13.9 Å². The average Bonchev–Trinajstić information content (AvgIpc) is 2.67. The molecule has 0 saturated heterocycles. The predicted molar refractivity (Wildman–Crippen MR) is 94.8 cm³/mol. The molecule has 0 spiro atoms. The van der Waals surface area contributed by atoms with Crippen molar-refractivity contribution in [3.05, 3.63) is 64.3 Å². The first-order valence-electron chi connectivity index (χ1n) is 7.98. The molecule has 1 aromatic heterocycles. The molecule has 3 aromatic rings. The molecule has 0 bridgehead atoms. The number of methoxy groups -OCH3 is 1. The maximum absolute atomic E-state index is 13.0. The lowest BCUT2D eigenvalue weighted by Gasteiger charge is -2.11. The van der Waals surface area contributed by atoms with Crippen molar-refractivity contribution in [1.29, 1.82) is 0 Å². The van der Waals surface area contributed by atoms with Crippen LogP contribution in [0.15, 0.2) is 57.7 Å². The molecule has 0 radical (unpaired) electrons. The van der Waals surface area contributed by atoms with Crippen molar-refractivity contribution in [3.8, 4) is 17.1 Å². The second kappa shape index (κ2) is 7.21. The minimum Gasteiger partial charge on any atom is -0.474 e. The lowest BCUT2D eigenvalue weighted by molar-refractivity contribution is -0.142. The maximum atomic E-state index is 13.0. The van der Waals surface area contributed by atoms with E-state index in [-0.39, 0.29) is 17.8 Å². The van der Waals surface area contributed by atoms with Gasteiger partial charge in [0.2, 0.25) is 11.2 Å². The number of hydrogen-bond donors (Lipinski definition) is 0. The second-order valence-electron chi connectivity index (χ2n) is 5.50. The van der Waals surface area contributed by atoms with E-state index in [9.17, 15) is 9.59 Å². The Bertz CT molecular complexity index is 957. The van der Waals surface area contributed by atoms with Crippen LogP contribution in [0.25, 0.3) is 22.3 Å². The molecule has 0 aliphatic heterocycles. The topological polar surface area (TPSA) is 65.7 Å². The number of fused-ring (bicyclic) bond motifs is 1. The Labute approximate surface area is 144 Å². The minimum absolute atomic E-state index is 0.0114. The van der Waals surface area contributed by atoms with E-state index in [0.29, 0.717) is 22.3 Å². The van der Waals surface area contributed by atoms with Crippen molar-refractivity contribution in [1.82, 2.24) is 0 Å². The highest BCUT2D eigenvalue weighted by Crippen LogP contribution is 2.31. The zero-order chi connectivity index (χ0) is 17.8. The van der Waals surface area contributed by atoms with Crippen LogP contribution in [0.2, 0.25) is 0 Å². The molecule has 0 amide bonds. The Kier molecular flexibility index (Phi) is 4.84. The highest BCUT2D eigenvalue weighted by molar-refractivity contribution is 5.83. The van der Waals surface area contributed by atoms with Gasteiger partial charge >= 0.3 is 5.97 Å². The Morgan fingerprint density at radius 1 is 1.12 bits per heavy atom. The number of esters is 1. The summed E-state index contributed by atoms with van der Waals surface area (Å²) in [6.07, 6.45) is 0.800. The number of benzene rings is 2. The van der Waals surface area contributed by atoms with Crippen molar-refractivity contribution in [2.45, 2.75) is 13.3 Å². The molecule has 1 heterocycles. The molecule has 0 atom stereocenters. The van der Waals surface area contributed by atoms with E-state index in [1.165, 1.54) is 7.11 Å². The van der Waals surface area contributed by atoms with Crippen molar-refractivity contribution >= 4 is 16.9 Å². The minimum atomic E-state index is -0.569. The monoisotopic (exact) mass is 338 g/mol. The molecule has 0 saturated carbocycles. The number of aryl methyl sites for hydroxylation is 1. The average molecular weight is 338 g/mol. The van der Waals surface area contributed by atoms with E-state index in [4.69, 9.17) is 9.15 Å². The van der Waals surface area contributed by atoms with Crippen molar-refractivity contribution < 1.29 is 18.7 Å². The summed E-state index contributed by atoms with van der Waals surface area (Å²) in [5.41, 5.74) is 1.89. The lowest BCUT2D eigenvalue weighted by Crippen LogP contribution is -2.17. The smallest absolute Gasteiger partial charge is 0.343 e. The Hall–Kier alpha value is -3.08. The van der Waals surface area contributed by atoms with E-state index in [1.54, 1.807) is 12.1 Å². The molecule has 0 aliphatic rings. The van der Waals surface area contributed by atoms with Gasteiger partial charge in [-0.05, 0) is 24.1 Å². The van der Waals surface area contributed by atoms with Crippen molar-refractivity contribution in [2.24, 2.45) is 0 Å². The molecule has 0 unspecified atom stereocenters. The molecule has 3 rings (SSSR count).